The van der Waals surface area contributed by atoms with Gasteiger partial charge in [0.2, 0.25) is 16.6 Å². The van der Waals surface area contributed by atoms with E-state index in [-0.39, 0.29) is 5.75 Å². The van der Waals surface area contributed by atoms with Crippen LogP contribution in [0.4, 0.5) is 0 Å². The summed E-state index contributed by atoms with van der Waals surface area (Å²) in [5, 5.41) is 10.2. The van der Waals surface area contributed by atoms with Gasteiger partial charge in [0.1, 0.15) is 0 Å². The summed E-state index contributed by atoms with van der Waals surface area (Å²) >= 11 is 0. The minimum atomic E-state index is -1.74. The summed E-state index contributed by atoms with van der Waals surface area (Å²) < 4.78 is 11.8. The Kier molecular flexibility index (Phi) is 4.17. The fourth-order valence-corrected chi connectivity index (χ4v) is 3.16. The molecule has 0 saturated heterocycles. The molecule has 3 nitrogen and oxygen atoms in total. The average molecular weight is 285 g/mol. The Morgan fingerprint density at radius 1 is 0.833 bits per heavy atom. The van der Waals surface area contributed by atoms with Crippen LogP contribution in [0.5, 0.6) is 17.2 Å². The first kappa shape index (κ1) is 15.1. The van der Waals surface area contributed by atoms with E-state index < -0.39 is 16.6 Å². The minimum Gasteiger partial charge on any atom is -0.542 e. The fraction of sp³-hybridized carbons (Fsp3) is 0.538. The molecule has 0 unspecified atom stereocenters. The number of phenols is 1. The first-order valence-electron chi connectivity index (χ1n) is 6.19. The van der Waals surface area contributed by atoms with Gasteiger partial charge in [-0.1, -0.05) is 0 Å². The standard InChI is InChI=1S/C13H24O3Si2/c1-10-8-11(15-17(2,3)4)13(14)12(9-10)16-18(5,6)7/h8-9,14H,1-7H3. The van der Waals surface area contributed by atoms with Gasteiger partial charge >= 0.3 is 0 Å². The molecule has 0 fully saturated rings. The highest BCUT2D eigenvalue weighted by Gasteiger charge is 2.23. The zero-order valence-corrected chi connectivity index (χ0v) is 14.4. The van der Waals surface area contributed by atoms with Gasteiger partial charge in [-0.25, -0.2) is 0 Å². The van der Waals surface area contributed by atoms with Gasteiger partial charge in [0.25, 0.3) is 0 Å². The number of hydrogen-bond acceptors (Lipinski definition) is 3. The van der Waals surface area contributed by atoms with Crippen LogP contribution in [0, 0.1) is 6.92 Å². The largest absolute Gasteiger partial charge is 0.542 e. The molecule has 1 aromatic carbocycles. The van der Waals surface area contributed by atoms with E-state index in [1.165, 1.54) is 0 Å². The zero-order chi connectivity index (χ0) is 14.1. The van der Waals surface area contributed by atoms with Gasteiger partial charge < -0.3 is 14.0 Å². The van der Waals surface area contributed by atoms with Crippen LogP contribution in [0.15, 0.2) is 12.1 Å². The molecule has 0 aliphatic rings. The second-order valence-corrected chi connectivity index (χ2v) is 15.4. The molecule has 0 aromatic heterocycles. The van der Waals surface area contributed by atoms with Crippen LogP contribution >= 0.6 is 0 Å². The van der Waals surface area contributed by atoms with Crippen molar-refractivity contribution in [1.82, 2.24) is 0 Å². The molecule has 0 heterocycles. The van der Waals surface area contributed by atoms with Crippen molar-refractivity contribution in [3.05, 3.63) is 17.7 Å². The third kappa shape index (κ3) is 4.74. The number of aromatic hydroxyl groups is 1. The maximum atomic E-state index is 10.2. The molecule has 0 aliphatic heterocycles. The van der Waals surface area contributed by atoms with Crippen molar-refractivity contribution in [2.24, 2.45) is 0 Å². The molecule has 0 saturated carbocycles. The van der Waals surface area contributed by atoms with Crippen LogP contribution in [0.25, 0.3) is 0 Å². The predicted molar refractivity (Wildman–Crippen MR) is 80.8 cm³/mol. The van der Waals surface area contributed by atoms with Crippen molar-refractivity contribution in [2.45, 2.75) is 46.2 Å². The Morgan fingerprint density at radius 2 is 1.17 bits per heavy atom. The number of phenolic OH excluding ortho intramolecular Hbond substituents is 1. The number of aryl methyl sites for hydroxylation is 1. The van der Waals surface area contributed by atoms with Gasteiger partial charge in [-0.3, -0.25) is 0 Å². The molecule has 0 spiro atoms. The first-order chi connectivity index (χ1) is 7.98. The van der Waals surface area contributed by atoms with Gasteiger partial charge in [-0.15, -0.1) is 0 Å². The minimum absolute atomic E-state index is 0.130. The summed E-state index contributed by atoms with van der Waals surface area (Å²) in [4.78, 5) is 0. The van der Waals surface area contributed by atoms with Gasteiger partial charge in [-0.05, 0) is 63.9 Å². The maximum Gasteiger partial charge on any atom is 0.242 e. The zero-order valence-electron chi connectivity index (χ0n) is 12.4. The monoisotopic (exact) mass is 284 g/mol. The average Bonchev–Trinajstić information content (AvgIpc) is 2.07. The Bertz CT molecular complexity index is 394. The Morgan fingerprint density at radius 3 is 1.44 bits per heavy atom. The Balaban J connectivity index is 3.14. The molecule has 102 valence electrons. The van der Waals surface area contributed by atoms with E-state index in [1.807, 2.05) is 19.1 Å². The van der Waals surface area contributed by atoms with Gasteiger partial charge in [0.05, 0.1) is 0 Å². The second kappa shape index (κ2) is 4.97. The van der Waals surface area contributed by atoms with Crippen LogP contribution in [-0.2, 0) is 0 Å². The molecule has 0 aliphatic carbocycles. The summed E-state index contributed by atoms with van der Waals surface area (Å²) in [6.45, 7) is 14.5. The first-order valence-corrected chi connectivity index (χ1v) is 13.0. The van der Waals surface area contributed by atoms with E-state index in [2.05, 4.69) is 39.3 Å². The van der Waals surface area contributed by atoms with Gasteiger partial charge in [0.15, 0.2) is 17.2 Å². The summed E-state index contributed by atoms with van der Waals surface area (Å²) in [5.41, 5.74) is 1.04. The lowest BCUT2D eigenvalue weighted by Gasteiger charge is -2.24. The molecule has 1 N–H and O–H groups in total. The number of benzene rings is 1. The van der Waals surface area contributed by atoms with Gasteiger partial charge in [0, 0.05) is 0 Å². The molecule has 0 radical (unpaired) electrons. The topological polar surface area (TPSA) is 38.7 Å². The van der Waals surface area contributed by atoms with E-state index in [1.54, 1.807) is 0 Å². The van der Waals surface area contributed by atoms with Crippen molar-refractivity contribution in [3.8, 4) is 17.2 Å². The predicted octanol–water partition coefficient (Wildman–Crippen LogP) is 4.13. The lowest BCUT2D eigenvalue weighted by Crippen LogP contribution is -2.30. The third-order valence-corrected chi connectivity index (χ3v) is 3.68. The van der Waals surface area contributed by atoms with Crippen LogP contribution < -0.4 is 8.85 Å². The van der Waals surface area contributed by atoms with Crippen LogP contribution in [0.1, 0.15) is 5.56 Å². The molecule has 1 rings (SSSR count). The second-order valence-electron chi connectivity index (χ2n) is 6.54. The van der Waals surface area contributed by atoms with Crippen LogP contribution in [0.2, 0.25) is 39.3 Å². The smallest absolute Gasteiger partial charge is 0.242 e. The highest BCUT2D eigenvalue weighted by molar-refractivity contribution is 6.71. The van der Waals surface area contributed by atoms with E-state index in [0.717, 1.165) is 5.56 Å². The molecule has 0 bridgehead atoms. The molecule has 0 amide bonds. The summed E-state index contributed by atoms with van der Waals surface area (Å²) in [7, 11) is -3.48. The van der Waals surface area contributed by atoms with Crippen molar-refractivity contribution in [2.75, 3.05) is 0 Å². The lowest BCUT2D eigenvalue weighted by molar-refractivity contribution is 0.407. The van der Waals surface area contributed by atoms with Crippen molar-refractivity contribution < 1.29 is 14.0 Å². The van der Waals surface area contributed by atoms with Gasteiger partial charge in [-0.2, -0.15) is 0 Å². The molecule has 0 atom stereocenters. The normalized spacial score (nSPS) is 12.4. The quantitative estimate of drug-likeness (QED) is 0.845. The van der Waals surface area contributed by atoms with Crippen molar-refractivity contribution in [3.63, 3.8) is 0 Å². The molecular formula is C13H24O3Si2. The SMILES string of the molecule is Cc1cc(O[Si](C)(C)C)c(O)c(O[Si](C)(C)C)c1. The molecule has 18 heavy (non-hydrogen) atoms. The van der Waals surface area contributed by atoms with E-state index >= 15 is 0 Å². The third-order valence-electron chi connectivity index (χ3n) is 2.02. The molecule has 5 heteroatoms. The van der Waals surface area contributed by atoms with Crippen molar-refractivity contribution in [1.29, 1.82) is 0 Å². The summed E-state index contributed by atoms with van der Waals surface area (Å²) in [6, 6.07) is 3.73. The Hall–Kier alpha value is -0.946. The fourth-order valence-electron chi connectivity index (χ4n) is 1.53. The van der Waals surface area contributed by atoms with E-state index in [9.17, 15) is 5.11 Å². The molecule has 1 aromatic rings. The number of rotatable bonds is 4. The van der Waals surface area contributed by atoms with E-state index in [0.29, 0.717) is 11.5 Å². The Labute approximate surface area is 112 Å². The maximum absolute atomic E-state index is 10.2. The summed E-state index contributed by atoms with van der Waals surface area (Å²) in [6.07, 6.45) is 0. The van der Waals surface area contributed by atoms with Crippen LogP contribution in [-0.4, -0.2) is 21.7 Å². The highest BCUT2D eigenvalue weighted by atomic mass is 28.4. The highest BCUT2D eigenvalue weighted by Crippen LogP contribution is 2.39. The number of hydrogen-bond donors (Lipinski definition) is 1. The van der Waals surface area contributed by atoms with Crippen LogP contribution in [0.3, 0.4) is 0 Å². The van der Waals surface area contributed by atoms with E-state index in [4.69, 9.17) is 8.85 Å². The van der Waals surface area contributed by atoms with Crippen molar-refractivity contribution >= 4 is 16.6 Å². The lowest BCUT2D eigenvalue weighted by atomic mass is 10.2. The molecular weight excluding hydrogens is 260 g/mol. The summed E-state index contributed by atoms with van der Waals surface area (Å²) in [5.74, 6) is 1.22.